The van der Waals surface area contributed by atoms with Gasteiger partial charge in [-0.1, -0.05) is 6.07 Å². The Labute approximate surface area is 101 Å². The van der Waals surface area contributed by atoms with E-state index in [0.29, 0.717) is 10.6 Å². The Balaban J connectivity index is 2.16. The molecule has 0 aliphatic carbocycles. The molecule has 0 saturated heterocycles. The largest absolute Gasteiger partial charge is 0.478 e. The van der Waals surface area contributed by atoms with Crippen LogP contribution in [0.2, 0.25) is 0 Å². The summed E-state index contributed by atoms with van der Waals surface area (Å²) in [5.74, 6) is -1.35. The summed E-state index contributed by atoms with van der Waals surface area (Å²) < 4.78 is 0. The van der Waals surface area contributed by atoms with Crippen LogP contribution in [0, 0.1) is 0 Å². The molecule has 0 radical (unpaired) electrons. The molecule has 2 rings (SSSR count). The number of nitrogens with one attached hydrogen (secondary N) is 1. The topological polar surface area (TPSA) is 79.3 Å². The van der Waals surface area contributed by atoms with Gasteiger partial charge in [-0.15, -0.1) is 11.3 Å². The van der Waals surface area contributed by atoms with Gasteiger partial charge in [-0.2, -0.15) is 0 Å². The molecule has 2 N–H and O–H groups in total. The highest BCUT2D eigenvalue weighted by molar-refractivity contribution is 7.12. The third-order valence-electron chi connectivity index (χ3n) is 1.99. The van der Waals surface area contributed by atoms with Crippen LogP contribution in [-0.2, 0) is 0 Å². The van der Waals surface area contributed by atoms with Crippen LogP contribution in [-0.4, -0.2) is 22.0 Å². The number of aromatic carboxylic acids is 1. The van der Waals surface area contributed by atoms with Crippen molar-refractivity contribution in [2.24, 2.45) is 0 Å². The lowest BCUT2D eigenvalue weighted by Gasteiger charge is -2.03. The van der Waals surface area contributed by atoms with Gasteiger partial charge in [-0.25, -0.2) is 4.79 Å². The molecule has 0 atom stereocenters. The van der Waals surface area contributed by atoms with Gasteiger partial charge in [0.25, 0.3) is 5.91 Å². The molecular formula is C11H8N2O3S. The Bertz CT molecular complexity index is 552. The number of pyridine rings is 1. The molecule has 1 amide bonds. The molecule has 2 aromatic rings. The third-order valence-corrected chi connectivity index (χ3v) is 2.86. The average molecular weight is 248 g/mol. The first-order valence-electron chi connectivity index (χ1n) is 4.70. The number of carbonyl (C=O) groups is 2. The molecule has 17 heavy (non-hydrogen) atoms. The smallest absolute Gasteiger partial charge is 0.337 e. The standard InChI is InChI=1S/C11H8N2O3S/c14-10(9-2-1-3-17-9)13-8-4-7(11(15)16)5-12-6-8/h1-6H,(H,13,14)(H,15,16). The van der Waals surface area contributed by atoms with Gasteiger partial charge in [-0.05, 0) is 17.5 Å². The highest BCUT2D eigenvalue weighted by Crippen LogP contribution is 2.13. The van der Waals surface area contributed by atoms with E-state index >= 15 is 0 Å². The van der Waals surface area contributed by atoms with Gasteiger partial charge in [0.2, 0.25) is 0 Å². The van der Waals surface area contributed by atoms with Crippen molar-refractivity contribution in [3.05, 3.63) is 46.4 Å². The fraction of sp³-hybridized carbons (Fsp3) is 0. The lowest BCUT2D eigenvalue weighted by atomic mass is 10.2. The van der Waals surface area contributed by atoms with Crippen molar-refractivity contribution in [3.8, 4) is 0 Å². The molecule has 86 valence electrons. The molecule has 0 saturated carbocycles. The quantitative estimate of drug-likeness (QED) is 0.871. The first kappa shape index (κ1) is 11.3. The van der Waals surface area contributed by atoms with Crippen LogP contribution in [0.1, 0.15) is 20.0 Å². The summed E-state index contributed by atoms with van der Waals surface area (Å²) >= 11 is 1.31. The van der Waals surface area contributed by atoms with Crippen molar-refractivity contribution in [2.45, 2.75) is 0 Å². The summed E-state index contributed by atoms with van der Waals surface area (Å²) in [5, 5.41) is 13.2. The fourth-order valence-electron chi connectivity index (χ4n) is 1.23. The number of rotatable bonds is 3. The molecule has 2 aromatic heterocycles. The van der Waals surface area contributed by atoms with E-state index in [1.165, 1.54) is 29.8 Å². The van der Waals surface area contributed by atoms with Gasteiger partial charge in [-0.3, -0.25) is 9.78 Å². The number of hydrogen-bond donors (Lipinski definition) is 2. The van der Waals surface area contributed by atoms with E-state index in [1.807, 2.05) is 0 Å². The highest BCUT2D eigenvalue weighted by Gasteiger charge is 2.09. The maximum Gasteiger partial charge on any atom is 0.337 e. The molecule has 0 bridgehead atoms. The van der Waals surface area contributed by atoms with Gasteiger partial charge in [0.05, 0.1) is 22.3 Å². The molecular weight excluding hydrogens is 240 g/mol. The van der Waals surface area contributed by atoms with Crippen LogP contribution in [0.5, 0.6) is 0 Å². The minimum absolute atomic E-state index is 0.0361. The number of carbonyl (C=O) groups excluding carboxylic acids is 1. The molecule has 2 heterocycles. The second-order valence-electron chi connectivity index (χ2n) is 3.20. The van der Waals surface area contributed by atoms with Crippen molar-refractivity contribution >= 4 is 28.9 Å². The molecule has 0 aliphatic heterocycles. The SMILES string of the molecule is O=C(O)c1cncc(NC(=O)c2cccs2)c1. The van der Waals surface area contributed by atoms with E-state index in [2.05, 4.69) is 10.3 Å². The van der Waals surface area contributed by atoms with Gasteiger partial charge < -0.3 is 10.4 Å². The lowest BCUT2D eigenvalue weighted by molar-refractivity contribution is 0.0696. The number of carboxylic acid groups (broad SMARTS) is 1. The predicted molar refractivity (Wildman–Crippen MR) is 63.5 cm³/mol. The second kappa shape index (κ2) is 4.75. The number of aromatic nitrogens is 1. The highest BCUT2D eigenvalue weighted by atomic mass is 32.1. The molecule has 0 fully saturated rings. The Hall–Kier alpha value is -2.21. The van der Waals surface area contributed by atoms with Crippen LogP contribution in [0.4, 0.5) is 5.69 Å². The number of anilines is 1. The van der Waals surface area contributed by atoms with Gasteiger partial charge in [0.15, 0.2) is 0 Å². The van der Waals surface area contributed by atoms with Crippen LogP contribution in [0.25, 0.3) is 0 Å². The van der Waals surface area contributed by atoms with Crippen molar-refractivity contribution in [1.82, 2.24) is 4.98 Å². The van der Waals surface area contributed by atoms with Gasteiger partial charge in [0.1, 0.15) is 0 Å². The van der Waals surface area contributed by atoms with Crippen molar-refractivity contribution in [1.29, 1.82) is 0 Å². The van der Waals surface area contributed by atoms with Gasteiger partial charge in [0, 0.05) is 6.20 Å². The van der Waals surface area contributed by atoms with E-state index < -0.39 is 5.97 Å². The van der Waals surface area contributed by atoms with E-state index in [4.69, 9.17) is 5.11 Å². The minimum atomic E-state index is -1.08. The zero-order chi connectivity index (χ0) is 12.3. The Kier molecular flexibility index (Phi) is 3.15. The van der Waals surface area contributed by atoms with Crippen LogP contribution in [0.3, 0.4) is 0 Å². The fourth-order valence-corrected chi connectivity index (χ4v) is 1.84. The van der Waals surface area contributed by atoms with Gasteiger partial charge >= 0.3 is 5.97 Å². The molecule has 0 aromatic carbocycles. The summed E-state index contributed by atoms with van der Waals surface area (Å²) in [7, 11) is 0. The van der Waals surface area contributed by atoms with E-state index in [0.717, 1.165) is 0 Å². The monoisotopic (exact) mass is 248 g/mol. The number of hydrogen-bond acceptors (Lipinski definition) is 4. The van der Waals surface area contributed by atoms with Crippen molar-refractivity contribution in [2.75, 3.05) is 5.32 Å². The summed E-state index contributed by atoms with van der Waals surface area (Å²) in [6, 6.07) is 4.82. The summed E-state index contributed by atoms with van der Waals surface area (Å²) in [4.78, 5) is 26.7. The van der Waals surface area contributed by atoms with E-state index in [9.17, 15) is 9.59 Å². The molecule has 6 heteroatoms. The molecule has 0 aliphatic rings. The Morgan fingerprint density at radius 3 is 2.82 bits per heavy atom. The van der Waals surface area contributed by atoms with Crippen LogP contribution >= 0.6 is 11.3 Å². The van der Waals surface area contributed by atoms with E-state index in [1.54, 1.807) is 17.5 Å². The minimum Gasteiger partial charge on any atom is -0.478 e. The van der Waals surface area contributed by atoms with Crippen LogP contribution in [0.15, 0.2) is 36.0 Å². The first-order chi connectivity index (χ1) is 8.16. The summed E-state index contributed by atoms with van der Waals surface area (Å²) in [6.45, 7) is 0. The maximum absolute atomic E-state index is 11.7. The average Bonchev–Trinajstić information content (AvgIpc) is 2.82. The maximum atomic E-state index is 11.7. The molecule has 5 nitrogen and oxygen atoms in total. The number of carboxylic acids is 1. The van der Waals surface area contributed by atoms with Crippen molar-refractivity contribution < 1.29 is 14.7 Å². The van der Waals surface area contributed by atoms with Crippen molar-refractivity contribution in [3.63, 3.8) is 0 Å². The Morgan fingerprint density at radius 2 is 2.18 bits per heavy atom. The Morgan fingerprint density at radius 1 is 1.35 bits per heavy atom. The van der Waals surface area contributed by atoms with E-state index in [-0.39, 0.29) is 11.5 Å². The summed E-state index contributed by atoms with van der Waals surface area (Å²) in [6.07, 6.45) is 2.63. The summed E-state index contributed by atoms with van der Waals surface area (Å²) in [5.41, 5.74) is 0.400. The molecule has 0 unspecified atom stereocenters. The third kappa shape index (κ3) is 2.67. The second-order valence-corrected chi connectivity index (χ2v) is 4.15. The van der Waals surface area contributed by atoms with Crippen LogP contribution < -0.4 is 5.32 Å². The molecule has 0 spiro atoms. The number of amides is 1. The predicted octanol–water partition coefficient (Wildman–Crippen LogP) is 2.09. The normalized spacial score (nSPS) is 9.88. The zero-order valence-electron chi connectivity index (χ0n) is 8.58. The number of thiophene rings is 1. The zero-order valence-corrected chi connectivity index (χ0v) is 9.40. The number of nitrogens with zero attached hydrogens (tertiary/aromatic N) is 1. The first-order valence-corrected chi connectivity index (χ1v) is 5.58. The lowest BCUT2D eigenvalue weighted by Crippen LogP contribution is -2.11.